The van der Waals surface area contributed by atoms with Crippen LogP contribution in [0.2, 0.25) is 0 Å². The van der Waals surface area contributed by atoms with Gasteiger partial charge < -0.3 is 14.9 Å². The summed E-state index contributed by atoms with van der Waals surface area (Å²) in [5.74, 6) is 2.43. The number of rotatable bonds is 5. The van der Waals surface area contributed by atoms with Gasteiger partial charge in [-0.05, 0) is 24.3 Å². The van der Waals surface area contributed by atoms with E-state index in [0.717, 1.165) is 33.1 Å². The van der Waals surface area contributed by atoms with E-state index in [1.807, 2.05) is 54.6 Å². The molecule has 1 unspecified atom stereocenters. The normalized spacial score (nSPS) is 12.5. The van der Waals surface area contributed by atoms with Gasteiger partial charge in [-0.1, -0.05) is 30.3 Å². The molecular weight excluding hydrogens is 282 g/mol. The van der Waals surface area contributed by atoms with Gasteiger partial charge in [0, 0.05) is 16.0 Å². The number of furan rings is 1. The van der Waals surface area contributed by atoms with Crippen LogP contribution in [0.1, 0.15) is 11.8 Å². The second kappa shape index (κ2) is 6.24. The fourth-order valence-electron chi connectivity index (χ4n) is 2.18. The van der Waals surface area contributed by atoms with E-state index in [1.165, 1.54) is 0 Å². The van der Waals surface area contributed by atoms with Crippen molar-refractivity contribution >= 4 is 22.7 Å². The summed E-state index contributed by atoms with van der Waals surface area (Å²) in [5, 5.41) is 1.09. The predicted octanol–water partition coefficient (Wildman–Crippen LogP) is 4.23. The third-order valence-corrected chi connectivity index (χ3v) is 4.47. The van der Waals surface area contributed by atoms with Crippen molar-refractivity contribution in [3.63, 3.8) is 0 Å². The van der Waals surface area contributed by atoms with Gasteiger partial charge in [-0.2, -0.15) is 0 Å². The Morgan fingerprint density at radius 3 is 2.71 bits per heavy atom. The summed E-state index contributed by atoms with van der Waals surface area (Å²) in [6.45, 7) is 0. The standard InChI is InChI=1S/C17H17NO2S/c1-19-15-8-4-5-9-17(15)21-11-13(18)16-10-12-6-2-3-7-14(12)20-16/h2-10,13H,11,18H2,1H3. The van der Waals surface area contributed by atoms with E-state index >= 15 is 0 Å². The van der Waals surface area contributed by atoms with Gasteiger partial charge >= 0.3 is 0 Å². The number of benzene rings is 2. The second-order valence-electron chi connectivity index (χ2n) is 4.75. The highest BCUT2D eigenvalue weighted by Gasteiger charge is 2.13. The molecule has 1 heterocycles. The number of thioether (sulfide) groups is 1. The molecule has 4 heteroatoms. The van der Waals surface area contributed by atoms with Crippen molar-refractivity contribution in [3.8, 4) is 5.75 Å². The van der Waals surface area contributed by atoms with Crippen LogP contribution in [0.3, 0.4) is 0 Å². The van der Waals surface area contributed by atoms with Gasteiger partial charge in [0.2, 0.25) is 0 Å². The number of hydrogen-bond acceptors (Lipinski definition) is 4. The Labute approximate surface area is 128 Å². The lowest BCUT2D eigenvalue weighted by Gasteiger charge is -2.10. The molecule has 108 valence electrons. The highest BCUT2D eigenvalue weighted by Crippen LogP contribution is 2.32. The van der Waals surface area contributed by atoms with E-state index in [0.29, 0.717) is 0 Å². The van der Waals surface area contributed by atoms with E-state index in [2.05, 4.69) is 0 Å². The Bertz CT molecular complexity index is 705. The monoisotopic (exact) mass is 299 g/mol. The number of methoxy groups -OCH3 is 1. The topological polar surface area (TPSA) is 48.4 Å². The van der Waals surface area contributed by atoms with Crippen molar-refractivity contribution in [1.82, 2.24) is 0 Å². The first kappa shape index (κ1) is 14.0. The van der Waals surface area contributed by atoms with Crippen LogP contribution in [0.15, 0.2) is 63.9 Å². The van der Waals surface area contributed by atoms with Gasteiger partial charge in [-0.15, -0.1) is 11.8 Å². The number of nitrogens with two attached hydrogens (primary N) is 1. The molecule has 3 nitrogen and oxygen atoms in total. The number of para-hydroxylation sites is 2. The minimum Gasteiger partial charge on any atom is -0.496 e. The molecule has 0 amide bonds. The van der Waals surface area contributed by atoms with Gasteiger partial charge in [0.15, 0.2) is 0 Å². The molecule has 0 aliphatic rings. The zero-order valence-electron chi connectivity index (χ0n) is 11.8. The molecule has 2 N–H and O–H groups in total. The molecule has 0 fully saturated rings. The van der Waals surface area contributed by atoms with Crippen molar-refractivity contribution in [2.45, 2.75) is 10.9 Å². The Hall–Kier alpha value is -1.91. The molecule has 2 aromatic carbocycles. The molecule has 0 aliphatic heterocycles. The summed E-state index contributed by atoms with van der Waals surface area (Å²) in [6, 6.07) is 17.8. The summed E-state index contributed by atoms with van der Waals surface area (Å²) in [5.41, 5.74) is 7.12. The first-order chi connectivity index (χ1) is 10.3. The van der Waals surface area contributed by atoms with Crippen LogP contribution in [0.5, 0.6) is 5.75 Å². The fraction of sp³-hybridized carbons (Fsp3) is 0.176. The zero-order chi connectivity index (χ0) is 14.7. The molecule has 0 radical (unpaired) electrons. The van der Waals surface area contributed by atoms with E-state index in [1.54, 1.807) is 18.9 Å². The molecular formula is C17H17NO2S. The maximum absolute atomic E-state index is 6.24. The van der Waals surface area contributed by atoms with Gasteiger partial charge in [-0.3, -0.25) is 0 Å². The first-order valence-electron chi connectivity index (χ1n) is 6.78. The minimum atomic E-state index is -0.146. The van der Waals surface area contributed by atoms with Crippen LogP contribution in [0.25, 0.3) is 11.0 Å². The van der Waals surface area contributed by atoms with Crippen LogP contribution in [0, 0.1) is 0 Å². The lowest BCUT2D eigenvalue weighted by atomic mass is 10.2. The van der Waals surface area contributed by atoms with Crippen molar-refractivity contribution in [2.24, 2.45) is 5.73 Å². The maximum atomic E-state index is 6.24. The quantitative estimate of drug-likeness (QED) is 0.716. The average Bonchev–Trinajstić information content (AvgIpc) is 2.97. The number of ether oxygens (including phenoxy) is 1. The molecule has 0 bridgehead atoms. The van der Waals surface area contributed by atoms with Crippen molar-refractivity contribution < 1.29 is 9.15 Å². The molecule has 21 heavy (non-hydrogen) atoms. The lowest BCUT2D eigenvalue weighted by Crippen LogP contribution is -2.11. The molecule has 1 aromatic heterocycles. The maximum Gasteiger partial charge on any atom is 0.134 e. The average molecular weight is 299 g/mol. The van der Waals surface area contributed by atoms with E-state index in [-0.39, 0.29) is 6.04 Å². The van der Waals surface area contributed by atoms with Gasteiger partial charge in [0.1, 0.15) is 17.1 Å². The van der Waals surface area contributed by atoms with E-state index < -0.39 is 0 Å². The predicted molar refractivity (Wildman–Crippen MR) is 86.9 cm³/mol. The van der Waals surface area contributed by atoms with Crippen molar-refractivity contribution in [3.05, 3.63) is 60.4 Å². The highest BCUT2D eigenvalue weighted by molar-refractivity contribution is 7.99. The van der Waals surface area contributed by atoms with Crippen molar-refractivity contribution in [1.29, 1.82) is 0 Å². The van der Waals surface area contributed by atoms with Crippen LogP contribution in [-0.2, 0) is 0 Å². The third kappa shape index (κ3) is 3.06. The summed E-state index contributed by atoms with van der Waals surface area (Å²) in [7, 11) is 1.68. The molecule has 0 aliphatic carbocycles. The van der Waals surface area contributed by atoms with Crippen LogP contribution >= 0.6 is 11.8 Å². The molecule has 0 spiro atoms. The Kier molecular flexibility index (Phi) is 4.18. The third-order valence-electron chi connectivity index (χ3n) is 3.30. The molecule has 3 aromatic rings. The van der Waals surface area contributed by atoms with Gasteiger partial charge in [-0.25, -0.2) is 0 Å². The Morgan fingerprint density at radius 1 is 1.14 bits per heavy atom. The Balaban J connectivity index is 1.72. The summed E-state index contributed by atoms with van der Waals surface area (Å²) < 4.78 is 11.2. The SMILES string of the molecule is COc1ccccc1SCC(N)c1cc2ccccc2o1. The highest BCUT2D eigenvalue weighted by atomic mass is 32.2. The van der Waals surface area contributed by atoms with Crippen LogP contribution < -0.4 is 10.5 Å². The summed E-state index contributed by atoms with van der Waals surface area (Å²) in [4.78, 5) is 1.09. The molecule has 0 saturated carbocycles. The number of hydrogen-bond donors (Lipinski definition) is 1. The summed E-state index contributed by atoms with van der Waals surface area (Å²) in [6.07, 6.45) is 0. The molecule has 0 saturated heterocycles. The second-order valence-corrected chi connectivity index (χ2v) is 5.82. The molecule has 3 rings (SSSR count). The van der Waals surface area contributed by atoms with E-state index in [4.69, 9.17) is 14.9 Å². The van der Waals surface area contributed by atoms with E-state index in [9.17, 15) is 0 Å². The largest absolute Gasteiger partial charge is 0.496 e. The van der Waals surface area contributed by atoms with Crippen LogP contribution in [0.4, 0.5) is 0 Å². The minimum absolute atomic E-state index is 0.146. The smallest absolute Gasteiger partial charge is 0.134 e. The zero-order valence-corrected chi connectivity index (χ0v) is 12.6. The van der Waals surface area contributed by atoms with Crippen molar-refractivity contribution in [2.75, 3.05) is 12.9 Å². The van der Waals surface area contributed by atoms with Gasteiger partial charge in [0.05, 0.1) is 13.2 Å². The summed E-state index contributed by atoms with van der Waals surface area (Å²) >= 11 is 1.67. The van der Waals surface area contributed by atoms with Gasteiger partial charge in [0.25, 0.3) is 0 Å². The van der Waals surface area contributed by atoms with Crippen LogP contribution in [-0.4, -0.2) is 12.9 Å². The first-order valence-corrected chi connectivity index (χ1v) is 7.76. The number of fused-ring (bicyclic) bond motifs is 1. The fourth-order valence-corrected chi connectivity index (χ4v) is 3.18. The lowest BCUT2D eigenvalue weighted by molar-refractivity contribution is 0.405. The Morgan fingerprint density at radius 2 is 1.90 bits per heavy atom. The molecule has 1 atom stereocenters.